The standard InChI is InChI=1S/C35H55NO5/c1-21-10-13-31(4)16-17-33(6)24(28(31)22(21)2)20-25(39)29-32(5)14-12-27(41-23(3)38)35(8,30(40)36(9)18-19-37)26(32)11-15-34(29,33)7/h20-22,26-29,37H,10-19H2,1-9H3/t21-,22+,26?,27-,28?,29?,31-,32+,33-,34-,35-/m1/s1. The van der Waals surface area contributed by atoms with Gasteiger partial charge in [-0.2, -0.15) is 0 Å². The molecule has 6 nitrogen and oxygen atoms in total. The summed E-state index contributed by atoms with van der Waals surface area (Å²) in [4.78, 5) is 42.7. The van der Waals surface area contributed by atoms with Crippen molar-refractivity contribution < 1.29 is 24.2 Å². The fourth-order valence-corrected chi connectivity index (χ4v) is 11.7. The first kappa shape index (κ1) is 30.8. The first-order valence-electron chi connectivity index (χ1n) is 16.3. The van der Waals surface area contributed by atoms with Crippen LogP contribution in [0.25, 0.3) is 0 Å². The Morgan fingerprint density at radius 2 is 1.68 bits per heavy atom. The first-order chi connectivity index (χ1) is 19.0. The lowest BCUT2D eigenvalue weighted by atomic mass is 9.33. The average Bonchev–Trinajstić information content (AvgIpc) is 2.89. The van der Waals surface area contributed by atoms with Crippen molar-refractivity contribution in [3.05, 3.63) is 11.6 Å². The van der Waals surface area contributed by atoms with Gasteiger partial charge in [-0.25, -0.2) is 0 Å². The van der Waals surface area contributed by atoms with Crippen molar-refractivity contribution in [2.45, 2.75) is 113 Å². The molecule has 6 heteroatoms. The molecule has 11 atom stereocenters. The molecule has 1 amide bonds. The molecule has 4 saturated carbocycles. The van der Waals surface area contributed by atoms with Crippen LogP contribution >= 0.6 is 0 Å². The van der Waals surface area contributed by atoms with Gasteiger partial charge in [0.05, 0.1) is 12.0 Å². The van der Waals surface area contributed by atoms with E-state index in [0.717, 1.165) is 25.7 Å². The van der Waals surface area contributed by atoms with Crippen molar-refractivity contribution in [2.24, 2.45) is 56.7 Å². The lowest BCUT2D eigenvalue weighted by Gasteiger charge is -2.70. The Hall–Kier alpha value is -1.69. The molecule has 0 aromatic carbocycles. The van der Waals surface area contributed by atoms with Crippen molar-refractivity contribution in [1.29, 1.82) is 0 Å². The summed E-state index contributed by atoms with van der Waals surface area (Å²) >= 11 is 0. The second-order valence-corrected chi connectivity index (χ2v) is 16.2. The number of hydrogen-bond donors (Lipinski definition) is 1. The molecule has 5 rings (SSSR count). The van der Waals surface area contributed by atoms with E-state index >= 15 is 0 Å². The Kier molecular flexibility index (Phi) is 7.44. The normalized spacial score (nSPS) is 49.0. The predicted molar refractivity (Wildman–Crippen MR) is 160 cm³/mol. The number of carbonyl (C=O) groups is 3. The molecule has 0 radical (unpaired) electrons. The fourth-order valence-electron chi connectivity index (χ4n) is 11.7. The molecule has 5 aliphatic carbocycles. The fraction of sp³-hybridized carbons (Fsp3) is 0.857. The monoisotopic (exact) mass is 569 g/mol. The van der Waals surface area contributed by atoms with Crippen molar-refractivity contribution in [1.82, 2.24) is 4.90 Å². The maximum absolute atomic E-state index is 14.6. The van der Waals surface area contributed by atoms with E-state index in [2.05, 4.69) is 47.6 Å². The third-order valence-corrected chi connectivity index (χ3v) is 14.3. The number of amides is 1. The van der Waals surface area contributed by atoms with E-state index in [1.54, 1.807) is 11.9 Å². The van der Waals surface area contributed by atoms with Gasteiger partial charge >= 0.3 is 5.97 Å². The summed E-state index contributed by atoms with van der Waals surface area (Å²) in [6, 6.07) is 0. The summed E-state index contributed by atoms with van der Waals surface area (Å²) in [7, 11) is 1.72. The zero-order chi connectivity index (χ0) is 30.3. The number of allylic oxidation sites excluding steroid dienone is 2. The van der Waals surface area contributed by atoms with Crippen LogP contribution in [0, 0.1) is 56.7 Å². The number of fused-ring (bicyclic) bond motifs is 7. The molecule has 5 aliphatic rings. The molecule has 0 aliphatic heterocycles. The summed E-state index contributed by atoms with van der Waals surface area (Å²) in [6.07, 6.45) is 9.39. The number of nitrogens with zero attached hydrogens (tertiary/aromatic N) is 1. The maximum atomic E-state index is 14.6. The molecule has 0 spiro atoms. The molecule has 3 unspecified atom stereocenters. The number of aliphatic hydroxyl groups excluding tert-OH is 1. The Bertz CT molecular complexity index is 1150. The summed E-state index contributed by atoms with van der Waals surface area (Å²) in [5.74, 6) is 1.15. The number of ketones is 1. The number of ether oxygens (including phenoxy) is 1. The third-order valence-electron chi connectivity index (χ3n) is 14.3. The molecule has 0 aromatic heterocycles. The number of esters is 1. The minimum absolute atomic E-state index is 0.0596. The minimum Gasteiger partial charge on any atom is -0.461 e. The van der Waals surface area contributed by atoms with Gasteiger partial charge in [0.1, 0.15) is 6.10 Å². The largest absolute Gasteiger partial charge is 0.461 e. The van der Waals surface area contributed by atoms with E-state index in [4.69, 9.17) is 4.74 Å². The zero-order valence-corrected chi connectivity index (χ0v) is 27.1. The van der Waals surface area contributed by atoms with Crippen LogP contribution in [0.3, 0.4) is 0 Å². The van der Waals surface area contributed by atoms with Crippen LogP contribution in [0.4, 0.5) is 0 Å². The Morgan fingerprint density at radius 1 is 1.00 bits per heavy atom. The van der Waals surface area contributed by atoms with Crippen LogP contribution in [0.15, 0.2) is 11.6 Å². The van der Waals surface area contributed by atoms with Gasteiger partial charge < -0.3 is 14.7 Å². The van der Waals surface area contributed by atoms with Crippen LogP contribution in [0.1, 0.15) is 107 Å². The zero-order valence-electron chi connectivity index (χ0n) is 27.1. The van der Waals surface area contributed by atoms with Gasteiger partial charge in [0.25, 0.3) is 0 Å². The maximum Gasteiger partial charge on any atom is 0.302 e. The van der Waals surface area contributed by atoms with E-state index in [1.807, 2.05) is 6.92 Å². The number of rotatable bonds is 4. The van der Waals surface area contributed by atoms with E-state index in [1.165, 1.54) is 31.8 Å². The second-order valence-electron chi connectivity index (χ2n) is 16.2. The summed E-state index contributed by atoms with van der Waals surface area (Å²) in [5, 5.41) is 9.63. The predicted octanol–water partition coefficient (Wildman–Crippen LogP) is 6.21. The van der Waals surface area contributed by atoms with Gasteiger partial charge in [0, 0.05) is 26.4 Å². The van der Waals surface area contributed by atoms with Crippen LogP contribution in [-0.2, 0) is 19.1 Å². The van der Waals surface area contributed by atoms with Gasteiger partial charge in [-0.15, -0.1) is 0 Å². The van der Waals surface area contributed by atoms with Crippen molar-refractivity contribution in [3.8, 4) is 0 Å². The van der Waals surface area contributed by atoms with Crippen molar-refractivity contribution in [2.75, 3.05) is 20.2 Å². The van der Waals surface area contributed by atoms with E-state index in [0.29, 0.717) is 24.2 Å². The van der Waals surface area contributed by atoms with E-state index in [-0.39, 0.29) is 58.9 Å². The molecule has 0 aromatic rings. The molecular weight excluding hydrogens is 514 g/mol. The second kappa shape index (κ2) is 9.92. The highest BCUT2D eigenvalue weighted by atomic mass is 16.5. The minimum atomic E-state index is -0.965. The molecule has 230 valence electrons. The van der Waals surface area contributed by atoms with Gasteiger partial charge in [0.15, 0.2) is 5.78 Å². The average molecular weight is 570 g/mol. The number of aliphatic hydroxyl groups is 1. The highest BCUT2D eigenvalue weighted by Gasteiger charge is 2.72. The molecule has 1 N–H and O–H groups in total. The number of hydrogen-bond acceptors (Lipinski definition) is 5. The number of carbonyl (C=O) groups excluding carboxylic acids is 3. The lowest BCUT2D eigenvalue weighted by Crippen LogP contribution is -2.69. The Labute approximate surface area is 248 Å². The van der Waals surface area contributed by atoms with Crippen LogP contribution in [0.5, 0.6) is 0 Å². The molecule has 0 saturated heterocycles. The van der Waals surface area contributed by atoms with Crippen LogP contribution in [-0.4, -0.2) is 54.0 Å². The lowest BCUT2D eigenvalue weighted by molar-refractivity contribution is -0.217. The Morgan fingerprint density at radius 3 is 2.32 bits per heavy atom. The van der Waals surface area contributed by atoms with Gasteiger partial charge in [-0.3, -0.25) is 14.4 Å². The summed E-state index contributed by atoms with van der Waals surface area (Å²) in [5.41, 5.74) is 0.0558. The summed E-state index contributed by atoms with van der Waals surface area (Å²) in [6.45, 7) is 17.9. The van der Waals surface area contributed by atoms with Gasteiger partial charge in [-0.05, 0) is 110 Å². The quantitative estimate of drug-likeness (QED) is 0.407. The van der Waals surface area contributed by atoms with E-state index < -0.39 is 16.9 Å². The Balaban J connectivity index is 1.62. The van der Waals surface area contributed by atoms with Crippen molar-refractivity contribution in [3.63, 3.8) is 0 Å². The summed E-state index contributed by atoms with van der Waals surface area (Å²) < 4.78 is 5.89. The topological polar surface area (TPSA) is 83.9 Å². The van der Waals surface area contributed by atoms with Gasteiger partial charge in [-0.1, -0.05) is 47.1 Å². The van der Waals surface area contributed by atoms with Gasteiger partial charge in [0.2, 0.25) is 5.91 Å². The highest BCUT2D eigenvalue weighted by molar-refractivity contribution is 5.96. The van der Waals surface area contributed by atoms with Crippen LogP contribution in [0.2, 0.25) is 0 Å². The molecule has 0 bridgehead atoms. The van der Waals surface area contributed by atoms with E-state index in [9.17, 15) is 19.5 Å². The smallest absolute Gasteiger partial charge is 0.302 e. The molecular formula is C35H55NO5. The molecule has 41 heavy (non-hydrogen) atoms. The third kappa shape index (κ3) is 4.08. The number of likely N-dealkylation sites (N-methyl/N-ethyl adjacent to an activating group) is 1. The SMILES string of the molecule is CC(=O)O[C@@H]1CC[C@@]2(C)C(CC[C@]3(C)C2C(=O)C=C2C4[C@@H](C)[C@H](C)CC[C@]4(C)CC[C@]23C)[C@@]1(C)C(=O)N(C)CCO. The first-order valence-corrected chi connectivity index (χ1v) is 16.3. The van der Waals surface area contributed by atoms with Crippen molar-refractivity contribution >= 4 is 17.7 Å². The molecule has 4 fully saturated rings. The van der Waals surface area contributed by atoms with Crippen LogP contribution < -0.4 is 0 Å². The molecule has 0 heterocycles. The highest BCUT2D eigenvalue weighted by Crippen LogP contribution is 2.75.